The topological polar surface area (TPSA) is 65.5 Å². The second-order valence-electron chi connectivity index (χ2n) is 5.23. The van der Waals surface area contributed by atoms with Crippen LogP contribution in [-0.2, 0) is 10.2 Å². The molecule has 1 aliphatic rings. The van der Waals surface area contributed by atoms with Crippen LogP contribution in [0.1, 0.15) is 25.5 Å². The Morgan fingerprint density at radius 1 is 1.50 bits per heavy atom. The van der Waals surface area contributed by atoms with Crippen LogP contribution in [0.2, 0.25) is 0 Å². The molecule has 0 saturated carbocycles. The third-order valence-corrected chi connectivity index (χ3v) is 5.83. The van der Waals surface area contributed by atoms with Gasteiger partial charge < -0.3 is 5.32 Å². The Hall–Kier alpha value is -1.02. The minimum absolute atomic E-state index is 0.0653. The molecule has 1 atom stereocenters. The van der Waals surface area contributed by atoms with Crippen LogP contribution < -0.4 is 5.32 Å². The molecule has 1 aromatic heterocycles. The van der Waals surface area contributed by atoms with Crippen LogP contribution in [-0.4, -0.2) is 54.7 Å². The highest BCUT2D eigenvalue weighted by atomic mass is 32.2. The monoisotopic (exact) mass is 298 g/mol. The number of pyridine rings is 1. The van der Waals surface area contributed by atoms with Crippen molar-refractivity contribution in [2.24, 2.45) is 0 Å². The SMILES string of the molecule is CC(C)N(C)S(=O)(=O)N1CCNCC1c1cccnc1. The summed E-state index contributed by atoms with van der Waals surface area (Å²) in [7, 11) is -1.83. The molecular formula is C13H22N4O2S. The predicted molar refractivity (Wildman–Crippen MR) is 78.4 cm³/mol. The van der Waals surface area contributed by atoms with E-state index >= 15 is 0 Å². The van der Waals surface area contributed by atoms with Crippen LogP contribution in [0, 0.1) is 0 Å². The lowest BCUT2D eigenvalue weighted by molar-refractivity contribution is 0.245. The van der Waals surface area contributed by atoms with Crippen LogP contribution in [0.4, 0.5) is 0 Å². The van der Waals surface area contributed by atoms with E-state index in [-0.39, 0.29) is 12.1 Å². The zero-order valence-corrected chi connectivity index (χ0v) is 13.0. The average molecular weight is 298 g/mol. The lowest BCUT2D eigenvalue weighted by Gasteiger charge is -2.38. The molecule has 1 unspecified atom stereocenters. The van der Waals surface area contributed by atoms with E-state index in [0.29, 0.717) is 19.6 Å². The maximum absolute atomic E-state index is 12.7. The van der Waals surface area contributed by atoms with Gasteiger partial charge >= 0.3 is 0 Å². The summed E-state index contributed by atoms with van der Waals surface area (Å²) in [5, 5.41) is 3.25. The zero-order valence-electron chi connectivity index (χ0n) is 12.2. The number of hydrogen-bond donors (Lipinski definition) is 1. The molecule has 1 saturated heterocycles. The fraction of sp³-hybridized carbons (Fsp3) is 0.615. The summed E-state index contributed by atoms with van der Waals surface area (Å²) in [4.78, 5) is 4.09. The third kappa shape index (κ3) is 3.01. The Morgan fingerprint density at radius 3 is 2.85 bits per heavy atom. The maximum Gasteiger partial charge on any atom is 0.282 e. The van der Waals surface area contributed by atoms with Crippen molar-refractivity contribution in [3.8, 4) is 0 Å². The molecule has 2 rings (SSSR count). The Kier molecular flexibility index (Phi) is 4.74. The second-order valence-corrected chi connectivity index (χ2v) is 7.18. The summed E-state index contributed by atoms with van der Waals surface area (Å²) < 4.78 is 28.4. The van der Waals surface area contributed by atoms with Crippen molar-refractivity contribution in [1.82, 2.24) is 18.9 Å². The minimum atomic E-state index is -3.46. The minimum Gasteiger partial charge on any atom is -0.313 e. The highest BCUT2D eigenvalue weighted by Crippen LogP contribution is 2.26. The largest absolute Gasteiger partial charge is 0.313 e. The Labute approximate surface area is 121 Å². The number of piperazine rings is 1. The number of hydrogen-bond acceptors (Lipinski definition) is 4. The van der Waals surface area contributed by atoms with Gasteiger partial charge in [-0.05, 0) is 25.5 Å². The first-order valence-electron chi connectivity index (χ1n) is 6.80. The van der Waals surface area contributed by atoms with Crippen LogP contribution in [0.5, 0.6) is 0 Å². The molecule has 1 N–H and O–H groups in total. The molecule has 1 aromatic rings. The lowest BCUT2D eigenvalue weighted by Crippen LogP contribution is -2.53. The molecule has 0 aromatic carbocycles. The molecule has 1 fully saturated rings. The Balaban J connectivity index is 2.32. The van der Waals surface area contributed by atoms with Gasteiger partial charge in [-0.15, -0.1) is 0 Å². The number of aromatic nitrogens is 1. The van der Waals surface area contributed by atoms with Gasteiger partial charge in [0.15, 0.2) is 0 Å². The highest BCUT2D eigenvalue weighted by Gasteiger charge is 2.36. The maximum atomic E-state index is 12.7. The normalized spacial score (nSPS) is 21.6. The second kappa shape index (κ2) is 6.17. The van der Waals surface area contributed by atoms with Gasteiger partial charge in [-0.3, -0.25) is 4.98 Å². The number of nitrogens with one attached hydrogen (secondary N) is 1. The first kappa shape index (κ1) is 15.4. The standard InChI is InChI=1S/C13H22N4O2S/c1-11(2)16(3)20(18,19)17-8-7-15-10-13(17)12-5-4-6-14-9-12/h4-6,9,11,13,15H,7-8,10H2,1-3H3. The number of nitrogens with zero attached hydrogens (tertiary/aromatic N) is 3. The average Bonchev–Trinajstić information content (AvgIpc) is 2.47. The van der Waals surface area contributed by atoms with E-state index in [2.05, 4.69) is 10.3 Å². The molecule has 2 heterocycles. The Morgan fingerprint density at radius 2 is 2.25 bits per heavy atom. The van der Waals surface area contributed by atoms with Crippen molar-refractivity contribution < 1.29 is 8.42 Å². The van der Waals surface area contributed by atoms with Gasteiger partial charge in [-0.1, -0.05) is 6.07 Å². The van der Waals surface area contributed by atoms with E-state index in [4.69, 9.17) is 0 Å². The molecular weight excluding hydrogens is 276 g/mol. The van der Waals surface area contributed by atoms with Crippen LogP contribution >= 0.6 is 0 Å². The van der Waals surface area contributed by atoms with E-state index in [9.17, 15) is 8.42 Å². The van der Waals surface area contributed by atoms with Gasteiger partial charge in [-0.2, -0.15) is 17.0 Å². The molecule has 0 amide bonds. The summed E-state index contributed by atoms with van der Waals surface area (Å²) in [6.07, 6.45) is 3.42. The predicted octanol–water partition coefficient (Wildman–Crippen LogP) is 0.613. The van der Waals surface area contributed by atoms with Gasteiger partial charge in [0.2, 0.25) is 0 Å². The molecule has 20 heavy (non-hydrogen) atoms. The van der Waals surface area contributed by atoms with Crippen molar-refractivity contribution in [2.45, 2.75) is 25.9 Å². The van der Waals surface area contributed by atoms with E-state index in [1.165, 1.54) is 4.31 Å². The first-order chi connectivity index (χ1) is 9.44. The summed E-state index contributed by atoms with van der Waals surface area (Å²) in [5.74, 6) is 0. The lowest BCUT2D eigenvalue weighted by atomic mass is 10.1. The van der Waals surface area contributed by atoms with Crippen molar-refractivity contribution in [3.05, 3.63) is 30.1 Å². The van der Waals surface area contributed by atoms with Crippen molar-refractivity contribution in [2.75, 3.05) is 26.7 Å². The van der Waals surface area contributed by atoms with Crippen LogP contribution in [0.15, 0.2) is 24.5 Å². The summed E-state index contributed by atoms with van der Waals surface area (Å²) >= 11 is 0. The van der Waals surface area contributed by atoms with Gasteiger partial charge in [0, 0.05) is 45.1 Å². The molecule has 0 bridgehead atoms. The van der Waals surface area contributed by atoms with Crippen LogP contribution in [0.3, 0.4) is 0 Å². The molecule has 0 aliphatic carbocycles. The third-order valence-electron chi connectivity index (χ3n) is 3.65. The summed E-state index contributed by atoms with van der Waals surface area (Å²) in [5.41, 5.74) is 0.917. The van der Waals surface area contributed by atoms with Crippen molar-refractivity contribution in [3.63, 3.8) is 0 Å². The molecule has 0 radical (unpaired) electrons. The van der Waals surface area contributed by atoms with Gasteiger partial charge in [0.25, 0.3) is 10.2 Å². The Bertz CT molecular complexity index is 533. The molecule has 7 heteroatoms. The van der Waals surface area contributed by atoms with Crippen molar-refractivity contribution in [1.29, 1.82) is 0 Å². The molecule has 112 valence electrons. The van der Waals surface area contributed by atoms with E-state index < -0.39 is 10.2 Å². The van der Waals surface area contributed by atoms with Gasteiger partial charge in [0.05, 0.1) is 6.04 Å². The molecule has 1 aliphatic heterocycles. The molecule has 6 nitrogen and oxygen atoms in total. The quantitative estimate of drug-likeness (QED) is 0.884. The zero-order chi connectivity index (χ0) is 14.8. The van der Waals surface area contributed by atoms with Crippen molar-refractivity contribution >= 4 is 10.2 Å². The highest BCUT2D eigenvalue weighted by molar-refractivity contribution is 7.86. The van der Waals surface area contributed by atoms with E-state index in [1.807, 2.05) is 26.0 Å². The summed E-state index contributed by atoms with van der Waals surface area (Å²) in [6, 6.07) is 3.48. The summed E-state index contributed by atoms with van der Waals surface area (Å²) in [6.45, 7) is 5.50. The fourth-order valence-corrected chi connectivity index (χ4v) is 3.95. The van der Waals surface area contributed by atoms with Gasteiger partial charge in [0.1, 0.15) is 0 Å². The molecule has 0 spiro atoms. The smallest absolute Gasteiger partial charge is 0.282 e. The first-order valence-corrected chi connectivity index (χ1v) is 8.19. The van der Waals surface area contributed by atoms with Crippen LogP contribution in [0.25, 0.3) is 0 Å². The van der Waals surface area contributed by atoms with E-state index in [1.54, 1.807) is 23.7 Å². The van der Waals surface area contributed by atoms with Gasteiger partial charge in [-0.25, -0.2) is 0 Å². The number of rotatable bonds is 4. The fourth-order valence-electron chi connectivity index (χ4n) is 2.25. The van der Waals surface area contributed by atoms with E-state index in [0.717, 1.165) is 5.56 Å².